The minimum Gasteiger partial charge on any atom is -0.483 e. The number of carbonyl (C=O) groups excluding carboxylic acids is 1. The molecule has 1 fully saturated rings. The topological polar surface area (TPSA) is 88.6 Å². The molecule has 2 aromatic heterocycles. The maximum absolute atomic E-state index is 12.4. The van der Waals surface area contributed by atoms with Crippen LogP contribution in [0, 0.1) is 6.92 Å². The molecule has 0 aliphatic carbocycles. The minimum atomic E-state index is -3.22. The summed E-state index contributed by atoms with van der Waals surface area (Å²) in [5.41, 5.74) is 2.17. The Kier molecular flexibility index (Phi) is 5.07. The van der Waals surface area contributed by atoms with Crippen LogP contribution in [0.1, 0.15) is 11.4 Å². The number of fused-ring (bicyclic) bond motifs is 3. The van der Waals surface area contributed by atoms with E-state index in [0.29, 0.717) is 30.1 Å². The molecular weight excluding hydrogens is 454 g/mol. The molecule has 0 spiro atoms. The Hall–Kier alpha value is -2.69. The second kappa shape index (κ2) is 7.77. The normalized spacial score (nSPS) is 15.6. The van der Waals surface area contributed by atoms with Crippen LogP contribution in [0.4, 0.5) is 11.4 Å². The standard InChI is InChI=1S/C21H19N3O4S3/c1-13-22-20-18(30-13)11-17(16-7-9-29-21(16)20)28-12-19(25)23-14-3-5-15(6-4-14)24-8-2-10-31(24,26)27/h3-7,9,11H,2,8,10,12H2,1H3,(H,23,25). The van der Waals surface area contributed by atoms with E-state index < -0.39 is 10.0 Å². The van der Waals surface area contributed by atoms with Gasteiger partial charge in [-0.05, 0) is 49.1 Å². The highest BCUT2D eigenvalue weighted by atomic mass is 32.2. The lowest BCUT2D eigenvalue weighted by Gasteiger charge is -2.17. The van der Waals surface area contributed by atoms with E-state index in [1.807, 2.05) is 24.4 Å². The van der Waals surface area contributed by atoms with Crippen LogP contribution in [-0.2, 0) is 14.8 Å². The first-order valence-corrected chi connectivity index (χ1v) is 13.0. The van der Waals surface area contributed by atoms with E-state index in [4.69, 9.17) is 4.74 Å². The summed E-state index contributed by atoms with van der Waals surface area (Å²) in [7, 11) is -3.22. The van der Waals surface area contributed by atoms with Gasteiger partial charge in [0.1, 0.15) is 5.75 Å². The number of anilines is 2. The highest BCUT2D eigenvalue weighted by molar-refractivity contribution is 7.93. The summed E-state index contributed by atoms with van der Waals surface area (Å²) in [6, 6.07) is 10.7. The van der Waals surface area contributed by atoms with Crippen molar-refractivity contribution in [2.75, 3.05) is 28.5 Å². The Balaban J connectivity index is 1.27. The molecule has 0 unspecified atom stereocenters. The molecule has 0 saturated carbocycles. The number of thiophene rings is 1. The summed E-state index contributed by atoms with van der Waals surface area (Å²) < 4.78 is 33.4. The van der Waals surface area contributed by atoms with E-state index in [1.54, 1.807) is 46.9 Å². The number of rotatable bonds is 5. The third-order valence-electron chi connectivity index (χ3n) is 5.07. The fourth-order valence-electron chi connectivity index (χ4n) is 3.69. The van der Waals surface area contributed by atoms with E-state index in [9.17, 15) is 13.2 Å². The summed E-state index contributed by atoms with van der Waals surface area (Å²) >= 11 is 3.21. The number of ether oxygens (including phenoxy) is 1. The molecule has 1 amide bonds. The lowest BCUT2D eigenvalue weighted by Crippen LogP contribution is -2.25. The molecule has 4 aromatic rings. The van der Waals surface area contributed by atoms with E-state index >= 15 is 0 Å². The number of hydrogen-bond acceptors (Lipinski definition) is 7. The number of aryl methyl sites for hydroxylation is 1. The van der Waals surface area contributed by atoms with Crippen LogP contribution in [-0.4, -0.2) is 38.2 Å². The van der Waals surface area contributed by atoms with Crippen molar-refractivity contribution < 1.29 is 17.9 Å². The summed E-state index contributed by atoms with van der Waals surface area (Å²) in [6.07, 6.45) is 0.627. The zero-order chi connectivity index (χ0) is 21.6. The van der Waals surface area contributed by atoms with Crippen molar-refractivity contribution in [1.29, 1.82) is 0 Å². The number of nitrogens with one attached hydrogen (secondary N) is 1. The fourth-order valence-corrected chi connectivity index (χ4v) is 7.08. The molecule has 31 heavy (non-hydrogen) atoms. The zero-order valence-electron chi connectivity index (χ0n) is 16.6. The summed E-state index contributed by atoms with van der Waals surface area (Å²) in [4.78, 5) is 17.0. The van der Waals surface area contributed by atoms with Gasteiger partial charge in [-0.1, -0.05) is 0 Å². The SMILES string of the molecule is Cc1nc2c(cc(OCC(=O)Nc3ccc(N4CCCS4(=O)=O)cc3)c3ccsc32)s1. The average molecular weight is 474 g/mol. The molecule has 160 valence electrons. The monoisotopic (exact) mass is 473 g/mol. The van der Waals surface area contributed by atoms with Crippen molar-refractivity contribution in [1.82, 2.24) is 4.98 Å². The number of aromatic nitrogens is 1. The van der Waals surface area contributed by atoms with Gasteiger partial charge >= 0.3 is 0 Å². The molecule has 1 saturated heterocycles. The average Bonchev–Trinajstić information content (AvgIpc) is 3.44. The largest absolute Gasteiger partial charge is 0.483 e. The molecule has 0 atom stereocenters. The van der Waals surface area contributed by atoms with Crippen LogP contribution < -0.4 is 14.4 Å². The van der Waals surface area contributed by atoms with Gasteiger partial charge in [0, 0.05) is 23.7 Å². The molecular formula is C21H19N3O4S3. The van der Waals surface area contributed by atoms with Crippen LogP contribution in [0.25, 0.3) is 20.3 Å². The van der Waals surface area contributed by atoms with Crippen LogP contribution in [0.5, 0.6) is 5.75 Å². The van der Waals surface area contributed by atoms with Crippen molar-refractivity contribution in [2.45, 2.75) is 13.3 Å². The number of nitrogens with zero attached hydrogens (tertiary/aromatic N) is 2. The van der Waals surface area contributed by atoms with Crippen molar-refractivity contribution in [2.24, 2.45) is 0 Å². The van der Waals surface area contributed by atoms with Gasteiger partial charge in [-0.15, -0.1) is 22.7 Å². The Labute approximate surface area is 187 Å². The predicted molar refractivity (Wildman–Crippen MR) is 126 cm³/mol. The van der Waals surface area contributed by atoms with E-state index in [1.165, 1.54) is 4.31 Å². The van der Waals surface area contributed by atoms with Crippen LogP contribution in [0.2, 0.25) is 0 Å². The zero-order valence-corrected chi connectivity index (χ0v) is 19.1. The van der Waals surface area contributed by atoms with Gasteiger partial charge in [-0.25, -0.2) is 13.4 Å². The van der Waals surface area contributed by atoms with Gasteiger partial charge < -0.3 is 10.1 Å². The number of thiazole rings is 1. The number of carbonyl (C=O) groups is 1. The van der Waals surface area contributed by atoms with Crippen molar-refractivity contribution in [3.05, 3.63) is 46.8 Å². The molecule has 10 heteroatoms. The first-order valence-electron chi connectivity index (χ1n) is 9.71. The first-order chi connectivity index (χ1) is 14.9. The van der Waals surface area contributed by atoms with Gasteiger partial charge in [0.05, 0.1) is 31.4 Å². The number of hydrogen-bond donors (Lipinski definition) is 1. The Bertz CT molecular complexity index is 1390. The van der Waals surface area contributed by atoms with Gasteiger partial charge in [0.2, 0.25) is 10.0 Å². The maximum atomic E-state index is 12.4. The Morgan fingerprint density at radius 2 is 2.06 bits per heavy atom. The smallest absolute Gasteiger partial charge is 0.262 e. The number of sulfonamides is 1. The van der Waals surface area contributed by atoms with Crippen molar-refractivity contribution in [3.63, 3.8) is 0 Å². The Morgan fingerprint density at radius 3 is 2.81 bits per heavy atom. The second-order valence-electron chi connectivity index (χ2n) is 7.24. The summed E-state index contributed by atoms with van der Waals surface area (Å²) in [5, 5.41) is 6.73. The number of benzene rings is 2. The lowest BCUT2D eigenvalue weighted by molar-refractivity contribution is -0.118. The van der Waals surface area contributed by atoms with E-state index in [-0.39, 0.29) is 18.3 Å². The molecule has 5 rings (SSSR count). The Morgan fingerprint density at radius 1 is 1.26 bits per heavy atom. The quantitative estimate of drug-likeness (QED) is 0.465. The molecule has 7 nitrogen and oxygen atoms in total. The minimum absolute atomic E-state index is 0.128. The van der Waals surface area contributed by atoms with Crippen molar-refractivity contribution >= 4 is 70.3 Å². The van der Waals surface area contributed by atoms with Crippen LogP contribution >= 0.6 is 22.7 Å². The van der Waals surface area contributed by atoms with Gasteiger partial charge in [0.25, 0.3) is 5.91 Å². The molecule has 1 aliphatic rings. The third kappa shape index (κ3) is 3.86. The summed E-state index contributed by atoms with van der Waals surface area (Å²) in [6.45, 7) is 2.33. The van der Waals surface area contributed by atoms with Crippen LogP contribution in [0.15, 0.2) is 41.8 Å². The van der Waals surface area contributed by atoms with E-state index in [2.05, 4.69) is 10.3 Å². The third-order valence-corrected chi connectivity index (χ3v) is 8.77. The van der Waals surface area contributed by atoms with Gasteiger partial charge in [-0.2, -0.15) is 0 Å². The fraction of sp³-hybridized carbons (Fsp3) is 0.238. The highest BCUT2D eigenvalue weighted by Crippen LogP contribution is 2.38. The van der Waals surface area contributed by atoms with Crippen molar-refractivity contribution in [3.8, 4) is 5.75 Å². The molecule has 1 aliphatic heterocycles. The van der Waals surface area contributed by atoms with E-state index in [0.717, 1.165) is 25.3 Å². The molecule has 2 aromatic carbocycles. The van der Waals surface area contributed by atoms with Gasteiger partial charge in [0.15, 0.2) is 6.61 Å². The van der Waals surface area contributed by atoms with Gasteiger partial charge in [-0.3, -0.25) is 9.10 Å². The molecule has 0 radical (unpaired) electrons. The first kappa shape index (κ1) is 20.2. The number of amides is 1. The molecule has 1 N–H and O–H groups in total. The lowest BCUT2D eigenvalue weighted by atomic mass is 10.2. The maximum Gasteiger partial charge on any atom is 0.262 e. The van der Waals surface area contributed by atoms with Crippen LogP contribution in [0.3, 0.4) is 0 Å². The second-order valence-corrected chi connectivity index (χ2v) is 11.4. The molecule has 3 heterocycles. The highest BCUT2D eigenvalue weighted by Gasteiger charge is 2.28. The predicted octanol–water partition coefficient (Wildman–Crippen LogP) is 4.38. The molecule has 0 bridgehead atoms. The summed E-state index contributed by atoms with van der Waals surface area (Å²) in [5.74, 6) is 0.551.